The van der Waals surface area contributed by atoms with Gasteiger partial charge in [0.25, 0.3) is 5.91 Å². The lowest BCUT2D eigenvalue weighted by Gasteiger charge is -2.40. The molecule has 2 amide bonds. The Labute approximate surface area is 164 Å². The van der Waals surface area contributed by atoms with E-state index in [1.54, 1.807) is 24.3 Å². The van der Waals surface area contributed by atoms with Gasteiger partial charge in [-0.3, -0.25) is 9.59 Å². The monoisotopic (exact) mass is 385 g/mol. The first kappa shape index (κ1) is 19.4. The first-order valence-corrected chi connectivity index (χ1v) is 9.49. The molecule has 1 aliphatic rings. The van der Waals surface area contributed by atoms with Gasteiger partial charge < -0.3 is 15.1 Å². The molecule has 1 heterocycles. The third-order valence-corrected chi connectivity index (χ3v) is 5.16. The molecule has 27 heavy (non-hydrogen) atoms. The number of halogens is 1. The highest BCUT2D eigenvalue weighted by atomic mass is 35.5. The second kappa shape index (κ2) is 9.02. The third kappa shape index (κ3) is 4.87. The van der Waals surface area contributed by atoms with Crippen molar-refractivity contribution in [3.05, 3.63) is 70.7 Å². The van der Waals surface area contributed by atoms with E-state index in [0.29, 0.717) is 17.1 Å². The Bertz CT molecular complexity index is 797. The zero-order valence-corrected chi connectivity index (χ0v) is 16.2. The van der Waals surface area contributed by atoms with Crippen molar-refractivity contribution in [3.8, 4) is 0 Å². The van der Waals surface area contributed by atoms with E-state index in [1.165, 1.54) is 0 Å². The molecule has 1 fully saturated rings. The standard InChI is InChI=1S/C21H24ClN3O2/c1-24-13-14-25(19(15-24)16-7-3-2-4-8-16)20(26)11-12-23-21(27)17-9-5-6-10-18(17)22/h2-10,19H,11-15H2,1H3,(H,23,27)/t19-/m0/s1. The summed E-state index contributed by atoms with van der Waals surface area (Å²) in [7, 11) is 2.07. The molecule has 1 aliphatic heterocycles. The second-order valence-electron chi connectivity index (χ2n) is 6.76. The molecule has 0 unspecified atom stereocenters. The van der Waals surface area contributed by atoms with Crippen molar-refractivity contribution in [2.45, 2.75) is 12.5 Å². The van der Waals surface area contributed by atoms with Crippen LogP contribution in [-0.2, 0) is 4.79 Å². The van der Waals surface area contributed by atoms with E-state index in [1.807, 2.05) is 23.1 Å². The van der Waals surface area contributed by atoms with Gasteiger partial charge in [0.15, 0.2) is 0 Å². The van der Waals surface area contributed by atoms with Crippen molar-refractivity contribution in [2.24, 2.45) is 0 Å². The molecule has 0 aliphatic carbocycles. The van der Waals surface area contributed by atoms with E-state index >= 15 is 0 Å². The van der Waals surface area contributed by atoms with Crippen LogP contribution in [0.5, 0.6) is 0 Å². The summed E-state index contributed by atoms with van der Waals surface area (Å²) in [6.07, 6.45) is 0.267. The molecule has 6 heteroatoms. The Hall–Kier alpha value is -2.37. The molecular weight excluding hydrogens is 362 g/mol. The van der Waals surface area contributed by atoms with Crippen LogP contribution in [0.3, 0.4) is 0 Å². The maximum Gasteiger partial charge on any atom is 0.252 e. The van der Waals surface area contributed by atoms with E-state index in [-0.39, 0.29) is 30.8 Å². The van der Waals surface area contributed by atoms with Crippen molar-refractivity contribution in [2.75, 3.05) is 33.2 Å². The maximum absolute atomic E-state index is 12.8. The quantitative estimate of drug-likeness (QED) is 0.860. The summed E-state index contributed by atoms with van der Waals surface area (Å²) in [5, 5.41) is 3.20. The molecule has 0 spiro atoms. The van der Waals surface area contributed by atoms with Crippen LogP contribution in [0.1, 0.15) is 28.4 Å². The predicted octanol–water partition coefficient (Wildman–Crippen LogP) is 2.98. The van der Waals surface area contributed by atoms with Gasteiger partial charge >= 0.3 is 0 Å². The number of rotatable bonds is 5. The topological polar surface area (TPSA) is 52.6 Å². The Balaban J connectivity index is 1.59. The Morgan fingerprint density at radius 1 is 1.07 bits per heavy atom. The summed E-state index contributed by atoms with van der Waals surface area (Å²) in [5.74, 6) is -0.206. The first-order valence-electron chi connectivity index (χ1n) is 9.12. The number of nitrogens with one attached hydrogen (secondary N) is 1. The van der Waals surface area contributed by atoms with Gasteiger partial charge in [-0.2, -0.15) is 0 Å². The van der Waals surface area contributed by atoms with Gasteiger partial charge in [0, 0.05) is 32.6 Å². The largest absolute Gasteiger partial charge is 0.351 e. The lowest BCUT2D eigenvalue weighted by Crippen LogP contribution is -2.49. The lowest BCUT2D eigenvalue weighted by atomic mass is 10.0. The molecule has 3 rings (SSSR count). The molecule has 2 aromatic carbocycles. The van der Waals surface area contributed by atoms with Crippen LogP contribution in [-0.4, -0.2) is 54.8 Å². The molecule has 1 saturated heterocycles. The molecule has 0 bridgehead atoms. The van der Waals surface area contributed by atoms with Crippen molar-refractivity contribution in [1.82, 2.24) is 15.1 Å². The minimum atomic E-state index is -0.258. The van der Waals surface area contributed by atoms with Crippen molar-refractivity contribution >= 4 is 23.4 Å². The number of carbonyl (C=O) groups excluding carboxylic acids is 2. The number of piperazine rings is 1. The minimum Gasteiger partial charge on any atom is -0.351 e. The number of likely N-dealkylation sites (N-methyl/N-ethyl adjacent to an activating group) is 1. The van der Waals surface area contributed by atoms with Crippen molar-refractivity contribution < 1.29 is 9.59 Å². The Morgan fingerprint density at radius 3 is 2.52 bits per heavy atom. The van der Waals surface area contributed by atoms with E-state index < -0.39 is 0 Å². The Kier molecular flexibility index (Phi) is 6.48. The third-order valence-electron chi connectivity index (χ3n) is 4.83. The summed E-state index contributed by atoms with van der Waals surface area (Å²) in [4.78, 5) is 29.2. The number of hydrogen-bond donors (Lipinski definition) is 1. The Morgan fingerprint density at radius 2 is 1.78 bits per heavy atom. The highest BCUT2D eigenvalue weighted by Gasteiger charge is 2.29. The van der Waals surface area contributed by atoms with E-state index in [4.69, 9.17) is 11.6 Å². The van der Waals surface area contributed by atoms with Gasteiger partial charge in [0.2, 0.25) is 5.91 Å². The maximum atomic E-state index is 12.8. The molecule has 2 aromatic rings. The van der Waals surface area contributed by atoms with Crippen molar-refractivity contribution in [1.29, 1.82) is 0 Å². The smallest absolute Gasteiger partial charge is 0.252 e. The van der Waals surface area contributed by atoms with Gasteiger partial charge in [-0.15, -0.1) is 0 Å². The second-order valence-corrected chi connectivity index (χ2v) is 7.17. The van der Waals surface area contributed by atoms with Gasteiger partial charge in [0.05, 0.1) is 16.6 Å². The average Bonchev–Trinajstić information content (AvgIpc) is 2.68. The number of hydrogen-bond acceptors (Lipinski definition) is 3. The van der Waals surface area contributed by atoms with E-state index in [0.717, 1.165) is 18.7 Å². The summed E-state index contributed by atoms with van der Waals surface area (Å²) >= 11 is 6.04. The fraction of sp³-hybridized carbons (Fsp3) is 0.333. The number of amides is 2. The SMILES string of the molecule is CN1CCN(C(=O)CCNC(=O)c2ccccc2Cl)[C@H](c2ccccc2)C1. The minimum absolute atomic E-state index is 0.0386. The predicted molar refractivity (Wildman–Crippen MR) is 107 cm³/mol. The average molecular weight is 386 g/mol. The number of nitrogens with zero attached hydrogens (tertiary/aromatic N) is 2. The summed E-state index contributed by atoms with van der Waals surface area (Å²) in [6, 6.07) is 17.0. The first-order chi connectivity index (χ1) is 13.1. The van der Waals surface area contributed by atoms with Crippen LogP contribution < -0.4 is 5.32 Å². The van der Waals surface area contributed by atoms with Crippen LogP contribution in [0.4, 0.5) is 0 Å². The number of carbonyl (C=O) groups is 2. The molecule has 1 atom stereocenters. The summed E-state index contributed by atoms with van der Waals surface area (Å²) in [6.45, 7) is 2.63. The number of benzene rings is 2. The van der Waals surface area contributed by atoms with Gasteiger partial charge in [-0.05, 0) is 24.7 Å². The van der Waals surface area contributed by atoms with Crippen LogP contribution in [0.15, 0.2) is 54.6 Å². The fourth-order valence-electron chi connectivity index (χ4n) is 3.35. The van der Waals surface area contributed by atoms with Crippen LogP contribution >= 0.6 is 11.6 Å². The van der Waals surface area contributed by atoms with Crippen LogP contribution in [0.2, 0.25) is 5.02 Å². The van der Waals surface area contributed by atoms with E-state index in [2.05, 4.69) is 29.4 Å². The van der Waals surface area contributed by atoms with Gasteiger partial charge in [-0.1, -0.05) is 54.1 Å². The molecule has 142 valence electrons. The molecule has 0 radical (unpaired) electrons. The highest BCUT2D eigenvalue weighted by Crippen LogP contribution is 2.25. The van der Waals surface area contributed by atoms with Gasteiger partial charge in [-0.25, -0.2) is 0 Å². The van der Waals surface area contributed by atoms with Crippen molar-refractivity contribution in [3.63, 3.8) is 0 Å². The van der Waals surface area contributed by atoms with Crippen LogP contribution in [0, 0.1) is 0 Å². The molecule has 1 N–H and O–H groups in total. The molecule has 0 aromatic heterocycles. The highest BCUT2D eigenvalue weighted by molar-refractivity contribution is 6.33. The summed E-state index contributed by atoms with van der Waals surface area (Å²) < 4.78 is 0. The van der Waals surface area contributed by atoms with Gasteiger partial charge in [0.1, 0.15) is 0 Å². The van der Waals surface area contributed by atoms with Crippen LogP contribution in [0.25, 0.3) is 0 Å². The zero-order valence-electron chi connectivity index (χ0n) is 15.4. The fourth-order valence-corrected chi connectivity index (χ4v) is 3.57. The lowest BCUT2D eigenvalue weighted by molar-refractivity contribution is -0.136. The molecular formula is C21H24ClN3O2. The van der Waals surface area contributed by atoms with E-state index in [9.17, 15) is 9.59 Å². The normalized spacial score (nSPS) is 17.6. The summed E-state index contributed by atoms with van der Waals surface area (Å²) in [5.41, 5.74) is 1.56. The molecule has 5 nitrogen and oxygen atoms in total. The zero-order chi connectivity index (χ0) is 19.2. The molecule has 0 saturated carbocycles.